The third-order valence-corrected chi connectivity index (χ3v) is 2.69. The Bertz CT molecular complexity index is 579. The van der Waals surface area contributed by atoms with Gasteiger partial charge in [0.25, 0.3) is 0 Å². The lowest BCUT2D eigenvalue weighted by molar-refractivity contribution is 1.17. The van der Waals surface area contributed by atoms with E-state index in [-0.39, 0.29) is 0 Å². The number of hydrogen-bond donors (Lipinski definition) is 0. The summed E-state index contributed by atoms with van der Waals surface area (Å²) in [5, 5.41) is 0. The molecule has 3 rings (SSSR count). The molecule has 0 spiro atoms. The number of aromatic nitrogens is 2. The Kier molecular flexibility index (Phi) is 2.84. The first-order chi connectivity index (χ1) is 8.93. The minimum Gasteiger partial charge on any atom is -0.236 e. The average Bonchev–Trinajstić information content (AvgIpc) is 2.49. The molecule has 18 heavy (non-hydrogen) atoms. The minimum absolute atomic E-state index is 0.730. The Labute approximate surface area is 106 Å². The van der Waals surface area contributed by atoms with E-state index in [0.29, 0.717) is 0 Å². The van der Waals surface area contributed by atoms with Crippen molar-refractivity contribution in [1.29, 1.82) is 0 Å². The van der Waals surface area contributed by atoms with Crippen LogP contribution in [0.3, 0.4) is 0 Å². The monoisotopic (exact) mass is 231 g/mol. The molecular formula is C16H11N2. The van der Waals surface area contributed by atoms with Gasteiger partial charge in [0.2, 0.25) is 0 Å². The number of nitrogens with zero attached hydrogens (tertiary/aromatic N) is 2. The number of benzene rings is 2. The highest BCUT2D eigenvalue weighted by Crippen LogP contribution is 2.19. The van der Waals surface area contributed by atoms with Crippen LogP contribution in [0.5, 0.6) is 0 Å². The third-order valence-electron chi connectivity index (χ3n) is 2.69. The molecule has 0 amide bonds. The van der Waals surface area contributed by atoms with Crippen molar-refractivity contribution in [3.05, 3.63) is 72.9 Å². The van der Waals surface area contributed by atoms with E-state index < -0.39 is 0 Å². The topological polar surface area (TPSA) is 25.8 Å². The van der Waals surface area contributed by atoms with Crippen LogP contribution in [0.25, 0.3) is 22.6 Å². The molecule has 0 aliphatic rings. The molecule has 1 aromatic heterocycles. The highest BCUT2D eigenvalue weighted by atomic mass is 14.9. The maximum absolute atomic E-state index is 4.55. The van der Waals surface area contributed by atoms with Crippen molar-refractivity contribution in [3.63, 3.8) is 0 Å². The highest BCUT2D eigenvalue weighted by molar-refractivity contribution is 5.62. The molecule has 0 atom stereocenters. The zero-order valence-corrected chi connectivity index (χ0v) is 9.75. The third kappa shape index (κ3) is 2.13. The summed E-state index contributed by atoms with van der Waals surface area (Å²) >= 11 is 0. The van der Waals surface area contributed by atoms with Gasteiger partial charge in [-0.15, -0.1) is 0 Å². The summed E-state index contributed by atoms with van der Waals surface area (Å²) in [6.07, 6.45) is 1.68. The molecule has 3 aromatic rings. The molecule has 0 bridgehead atoms. The standard InChI is InChI=1S/C16H11N2/c1-3-7-13(8-4-1)15-11-12-17-16(18-15)14-9-5-2-6-10-14/h1-10,12H. The van der Waals surface area contributed by atoms with E-state index in [1.165, 1.54) is 0 Å². The van der Waals surface area contributed by atoms with Crippen LogP contribution in [0.4, 0.5) is 0 Å². The summed E-state index contributed by atoms with van der Waals surface area (Å²) in [5.74, 6) is 0.730. The van der Waals surface area contributed by atoms with Crippen LogP contribution in [0.15, 0.2) is 66.9 Å². The van der Waals surface area contributed by atoms with Crippen molar-refractivity contribution < 1.29 is 0 Å². The van der Waals surface area contributed by atoms with Crippen LogP contribution in [0.2, 0.25) is 0 Å². The van der Waals surface area contributed by atoms with Crippen LogP contribution in [0, 0.1) is 6.07 Å². The normalized spacial score (nSPS) is 10.2. The van der Waals surface area contributed by atoms with Crippen molar-refractivity contribution in [1.82, 2.24) is 9.97 Å². The zero-order valence-electron chi connectivity index (χ0n) is 9.75. The summed E-state index contributed by atoms with van der Waals surface area (Å²) < 4.78 is 0. The summed E-state index contributed by atoms with van der Waals surface area (Å²) in [4.78, 5) is 8.82. The smallest absolute Gasteiger partial charge is 0.159 e. The van der Waals surface area contributed by atoms with Gasteiger partial charge in [-0.1, -0.05) is 60.7 Å². The van der Waals surface area contributed by atoms with Crippen LogP contribution in [0.1, 0.15) is 0 Å². The van der Waals surface area contributed by atoms with Crippen molar-refractivity contribution in [3.8, 4) is 22.6 Å². The predicted octanol–water partition coefficient (Wildman–Crippen LogP) is 3.61. The lowest BCUT2D eigenvalue weighted by Crippen LogP contribution is -1.91. The lowest BCUT2D eigenvalue weighted by atomic mass is 10.1. The highest BCUT2D eigenvalue weighted by Gasteiger charge is 2.03. The molecule has 85 valence electrons. The van der Waals surface area contributed by atoms with Gasteiger partial charge in [-0.3, -0.25) is 0 Å². The fraction of sp³-hybridized carbons (Fsp3) is 0. The summed E-state index contributed by atoms with van der Waals surface area (Å²) in [6.45, 7) is 0. The molecule has 0 saturated heterocycles. The lowest BCUT2D eigenvalue weighted by Gasteiger charge is -2.03. The summed E-state index contributed by atoms with van der Waals surface area (Å²) in [5.41, 5.74) is 2.89. The second kappa shape index (κ2) is 4.80. The SMILES string of the molecule is [c]1cnc(-c2ccccc2)nc1-c1ccccc1. The van der Waals surface area contributed by atoms with Gasteiger partial charge in [0, 0.05) is 23.4 Å². The largest absolute Gasteiger partial charge is 0.236 e. The molecule has 0 aliphatic carbocycles. The molecule has 0 saturated carbocycles. The number of rotatable bonds is 2. The molecule has 1 radical (unpaired) electrons. The van der Waals surface area contributed by atoms with E-state index in [1.54, 1.807) is 6.20 Å². The Morgan fingerprint density at radius 2 is 1.33 bits per heavy atom. The molecule has 0 aliphatic heterocycles. The quantitative estimate of drug-likeness (QED) is 0.673. The van der Waals surface area contributed by atoms with Crippen molar-refractivity contribution in [2.45, 2.75) is 0 Å². The van der Waals surface area contributed by atoms with E-state index in [0.717, 1.165) is 22.6 Å². The van der Waals surface area contributed by atoms with E-state index in [9.17, 15) is 0 Å². The van der Waals surface area contributed by atoms with Crippen molar-refractivity contribution >= 4 is 0 Å². The predicted molar refractivity (Wildman–Crippen MR) is 71.7 cm³/mol. The van der Waals surface area contributed by atoms with Gasteiger partial charge < -0.3 is 0 Å². The summed E-state index contributed by atoms with van der Waals surface area (Å²) in [6, 6.07) is 23.0. The maximum Gasteiger partial charge on any atom is 0.159 e. The first-order valence-electron chi connectivity index (χ1n) is 5.79. The second-order valence-corrected chi connectivity index (χ2v) is 3.92. The molecule has 1 heterocycles. The maximum atomic E-state index is 4.55. The van der Waals surface area contributed by atoms with Gasteiger partial charge in [-0.2, -0.15) is 0 Å². The van der Waals surface area contributed by atoms with Crippen LogP contribution in [-0.4, -0.2) is 9.97 Å². The van der Waals surface area contributed by atoms with Gasteiger partial charge >= 0.3 is 0 Å². The second-order valence-electron chi connectivity index (χ2n) is 3.92. The molecule has 2 aromatic carbocycles. The van der Waals surface area contributed by atoms with Crippen LogP contribution >= 0.6 is 0 Å². The van der Waals surface area contributed by atoms with E-state index in [4.69, 9.17) is 0 Å². The van der Waals surface area contributed by atoms with Gasteiger partial charge in [0.05, 0.1) is 5.69 Å². The van der Waals surface area contributed by atoms with E-state index >= 15 is 0 Å². The fourth-order valence-corrected chi connectivity index (χ4v) is 1.79. The first-order valence-corrected chi connectivity index (χ1v) is 5.79. The Morgan fingerprint density at radius 1 is 0.722 bits per heavy atom. The average molecular weight is 231 g/mol. The minimum atomic E-state index is 0.730. The van der Waals surface area contributed by atoms with Crippen LogP contribution in [-0.2, 0) is 0 Å². The molecule has 0 fully saturated rings. The molecule has 0 unspecified atom stereocenters. The Hall–Kier alpha value is -2.48. The Morgan fingerprint density at radius 3 is 2.00 bits per heavy atom. The number of hydrogen-bond acceptors (Lipinski definition) is 2. The molecule has 0 N–H and O–H groups in total. The Balaban J connectivity index is 2.05. The fourth-order valence-electron chi connectivity index (χ4n) is 1.79. The molecule has 2 heteroatoms. The van der Waals surface area contributed by atoms with Gasteiger partial charge in [0.15, 0.2) is 5.82 Å². The van der Waals surface area contributed by atoms with Crippen molar-refractivity contribution in [2.24, 2.45) is 0 Å². The van der Waals surface area contributed by atoms with Gasteiger partial charge in [0.1, 0.15) is 0 Å². The molecule has 2 nitrogen and oxygen atoms in total. The van der Waals surface area contributed by atoms with Crippen molar-refractivity contribution in [2.75, 3.05) is 0 Å². The van der Waals surface area contributed by atoms with Gasteiger partial charge in [-0.05, 0) is 0 Å². The van der Waals surface area contributed by atoms with E-state index in [1.807, 2.05) is 60.7 Å². The van der Waals surface area contributed by atoms with Gasteiger partial charge in [-0.25, -0.2) is 9.97 Å². The van der Waals surface area contributed by atoms with Crippen LogP contribution < -0.4 is 0 Å². The zero-order chi connectivity index (χ0) is 12.2. The first kappa shape index (κ1) is 10.7. The summed E-state index contributed by atoms with van der Waals surface area (Å²) in [7, 11) is 0. The van der Waals surface area contributed by atoms with E-state index in [2.05, 4.69) is 16.0 Å². The molecular weight excluding hydrogens is 220 g/mol.